The van der Waals surface area contributed by atoms with Crippen molar-refractivity contribution in [2.75, 3.05) is 0 Å². The molecule has 4 rings (SSSR count). The van der Waals surface area contributed by atoms with Crippen LogP contribution < -0.4 is 0 Å². The van der Waals surface area contributed by atoms with Crippen LogP contribution in [-0.4, -0.2) is 29.5 Å². The minimum atomic E-state index is -0.425. The van der Waals surface area contributed by atoms with Crippen LogP contribution in [0.25, 0.3) is 11.6 Å². The normalized spacial score (nSPS) is 12.5. The van der Waals surface area contributed by atoms with Crippen LogP contribution in [0.2, 0.25) is 0 Å². The van der Waals surface area contributed by atoms with Gasteiger partial charge in [-0.3, -0.25) is 20.2 Å². The summed E-state index contributed by atoms with van der Waals surface area (Å²) in [6, 6.07) is 15.8. The maximum Gasteiger partial charge on any atom is 2.00 e. The summed E-state index contributed by atoms with van der Waals surface area (Å²) in [4.78, 5) is 9.85. The van der Waals surface area contributed by atoms with Gasteiger partial charge >= 0.3 is 20.4 Å². The Morgan fingerprint density at radius 1 is 0.588 bits per heavy atom. The molecule has 0 saturated carbocycles. The molecular formula is C27H32N6Pd. The molecule has 4 heterocycles. The fourth-order valence-electron chi connectivity index (χ4n) is 3.45. The van der Waals surface area contributed by atoms with Crippen molar-refractivity contribution in [3.05, 3.63) is 83.7 Å². The topological polar surface area (TPSA) is 61.4 Å². The fraction of sp³-hybridized carbons (Fsp3) is 0.407. The van der Waals surface area contributed by atoms with Gasteiger partial charge in [0, 0.05) is 16.8 Å². The van der Waals surface area contributed by atoms with Gasteiger partial charge in [0.05, 0.1) is 11.6 Å². The largest absolute Gasteiger partial charge is 2.00 e. The van der Waals surface area contributed by atoms with Gasteiger partial charge in [0.1, 0.15) is 0 Å². The Hall–Kier alpha value is -2.62. The predicted molar refractivity (Wildman–Crippen MR) is 130 cm³/mol. The van der Waals surface area contributed by atoms with Crippen molar-refractivity contribution in [2.24, 2.45) is 0 Å². The van der Waals surface area contributed by atoms with E-state index in [4.69, 9.17) is 20.2 Å². The van der Waals surface area contributed by atoms with Gasteiger partial charge in [0.25, 0.3) is 0 Å². The SMILES string of the molecule is CC(C)(C)c1c[c-]n(-c2cccc(C(C)(C)c3cccc(-n4[c-]cc(C(C)(C)C)n4)n3)n2)n1.[Pd+2]. The van der Waals surface area contributed by atoms with Gasteiger partial charge in [-0.25, -0.2) is 0 Å². The van der Waals surface area contributed by atoms with Crippen LogP contribution in [0.1, 0.15) is 78.2 Å². The van der Waals surface area contributed by atoms with Gasteiger partial charge in [-0.15, -0.1) is 12.1 Å². The smallest absolute Gasteiger partial charge is 0.343 e. The van der Waals surface area contributed by atoms with E-state index in [9.17, 15) is 0 Å². The summed E-state index contributed by atoms with van der Waals surface area (Å²) in [5, 5.41) is 9.38. The van der Waals surface area contributed by atoms with E-state index >= 15 is 0 Å². The summed E-state index contributed by atoms with van der Waals surface area (Å²) < 4.78 is 3.44. The molecule has 0 aliphatic heterocycles. The first-order valence-electron chi connectivity index (χ1n) is 11.3. The predicted octanol–water partition coefficient (Wildman–Crippen LogP) is 5.37. The summed E-state index contributed by atoms with van der Waals surface area (Å²) in [5.74, 6) is 1.48. The molecular weight excluding hydrogens is 515 g/mol. The summed E-state index contributed by atoms with van der Waals surface area (Å²) in [7, 11) is 0. The Morgan fingerprint density at radius 2 is 0.971 bits per heavy atom. The summed E-state index contributed by atoms with van der Waals surface area (Å²) >= 11 is 0. The van der Waals surface area contributed by atoms with E-state index in [1.54, 1.807) is 9.36 Å². The van der Waals surface area contributed by atoms with Crippen LogP contribution in [0.15, 0.2) is 48.5 Å². The molecule has 0 spiro atoms. The zero-order valence-corrected chi connectivity index (χ0v) is 22.7. The van der Waals surface area contributed by atoms with Crippen molar-refractivity contribution in [2.45, 2.75) is 71.6 Å². The standard InChI is InChI=1S/C27H32N6.Pd/c1-25(2,3)19-15-17-32(30-19)23-13-9-11-21(28-23)27(7,8)22-12-10-14-24(29-22)33-18-16-20(31-33)26(4,5)6;/h9-16H,1-8H3;/q-2;+2. The second-order valence-corrected chi connectivity index (χ2v) is 11.0. The Labute approximate surface area is 216 Å². The van der Waals surface area contributed by atoms with Crippen LogP contribution in [0.5, 0.6) is 0 Å². The van der Waals surface area contributed by atoms with Gasteiger partial charge in [-0.2, -0.15) is 0 Å². The first-order chi connectivity index (χ1) is 15.4. The van der Waals surface area contributed by atoms with Crippen molar-refractivity contribution < 1.29 is 20.4 Å². The van der Waals surface area contributed by atoms with Crippen molar-refractivity contribution in [1.29, 1.82) is 0 Å². The van der Waals surface area contributed by atoms with E-state index in [2.05, 4.69) is 67.8 Å². The molecule has 0 aliphatic carbocycles. The molecule has 4 aromatic heterocycles. The number of hydrogen-bond acceptors (Lipinski definition) is 4. The summed E-state index contributed by atoms with van der Waals surface area (Å²) in [6.45, 7) is 17.1. The van der Waals surface area contributed by atoms with Crippen LogP contribution in [-0.2, 0) is 36.7 Å². The van der Waals surface area contributed by atoms with E-state index in [0.29, 0.717) is 0 Å². The van der Waals surface area contributed by atoms with Gasteiger partial charge in [0.15, 0.2) is 0 Å². The van der Waals surface area contributed by atoms with Crippen molar-refractivity contribution in [1.82, 2.24) is 29.5 Å². The maximum absolute atomic E-state index is 4.92. The Kier molecular flexibility index (Phi) is 7.04. The third-order valence-corrected chi connectivity index (χ3v) is 5.78. The van der Waals surface area contributed by atoms with Crippen LogP contribution >= 0.6 is 0 Å². The number of rotatable bonds is 4. The third-order valence-electron chi connectivity index (χ3n) is 5.78. The monoisotopic (exact) mass is 546 g/mol. The first kappa shape index (κ1) is 26.0. The summed E-state index contributed by atoms with van der Waals surface area (Å²) in [6.07, 6.45) is 6.41. The van der Waals surface area contributed by atoms with Crippen LogP contribution in [0.4, 0.5) is 0 Å². The fourth-order valence-corrected chi connectivity index (χ4v) is 3.45. The van der Waals surface area contributed by atoms with E-state index in [0.717, 1.165) is 34.4 Å². The minimum Gasteiger partial charge on any atom is -0.343 e. The van der Waals surface area contributed by atoms with Gasteiger partial charge in [-0.05, 0) is 48.2 Å². The van der Waals surface area contributed by atoms with Gasteiger partial charge < -0.3 is 9.36 Å². The Balaban J connectivity index is 0.00000324. The minimum absolute atomic E-state index is 0. The van der Waals surface area contributed by atoms with Crippen LogP contribution in [0, 0.1) is 12.4 Å². The number of hydrogen-bond donors (Lipinski definition) is 0. The second kappa shape index (κ2) is 9.20. The molecule has 0 atom stereocenters. The molecule has 180 valence electrons. The molecule has 0 fully saturated rings. The number of pyridine rings is 2. The molecule has 0 saturated heterocycles. The Morgan fingerprint density at radius 3 is 1.29 bits per heavy atom. The van der Waals surface area contributed by atoms with Crippen molar-refractivity contribution in [3.63, 3.8) is 0 Å². The quantitative estimate of drug-likeness (QED) is 0.255. The Bertz CT molecular complexity index is 1170. The van der Waals surface area contributed by atoms with Gasteiger partial charge in [-0.1, -0.05) is 78.2 Å². The third kappa shape index (κ3) is 5.21. The molecule has 0 unspecified atom stereocenters. The molecule has 0 N–H and O–H groups in total. The van der Waals surface area contributed by atoms with Crippen molar-refractivity contribution in [3.8, 4) is 11.6 Å². The molecule has 0 radical (unpaired) electrons. The first-order valence-corrected chi connectivity index (χ1v) is 11.3. The zero-order valence-electron chi connectivity index (χ0n) is 21.1. The molecule has 7 heteroatoms. The van der Waals surface area contributed by atoms with E-state index in [1.165, 1.54) is 0 Å². The molecule has 0 bridgehead atoms. The molecule has 0 aromatic carbocycles. The van der Waals surface area contributed by atoms with E-state index in [-0.39, 0.29) is 31.3 Å². The molecule has 0 amide bonds. The van der Waals surface area contributed by atoms with Gasteiger partial charge in [0.2, 0.25) is 0 Å². The molecule has 4 aromatic rings. The second-order valence-electron chi connectivity index (χ2n) is 11.0. The molecule has 0 aliphatic rings. The number of nitrogens with zero attached hydrogens (tertiary/aromatic N) is 6. The maximum atomic E-state index is 4.92. The number of aromatic nitrogens is 6. The van der Waals surface area contributed by atoms with Crippen molar-refractivity contribution >= 4 is 0 Å². The average molecular weight is 547 g/mol. The average Bonchev–Trinajstić information content (AvgIpc) is 3.44. The summed E-state index contributed by atoms with van der Waals surface area (Å²) in [5.41, 5.74) is 3.27. The zero-order chi connectivity index (χ0) is 24.0. The molecule has 34 heavy (non-hydrogen) atoms. The molecule has 6 nitrogen and oxygen atoms in total. The van der Waals surface area contributed by atoms with E-state index in [1.807, 2.05) is 48.5 Å². The van der Waals surface area contributed by atoms with Crippen LogP contribution in [0.3, 0.4) is 0 Å². The van der Waals surface area contributed by atoms with E-state index < -0.39 is 5.41 Å².